The van der Waals surface area contributed by atoms with Crippen LogP contribution in [0.15, 0.2) is 36.4 Å². The number of hydrogen-bond donors (Lipinski definition) is 2. The second-order valence-electron chi connectivity index (χ2n) is 4.95. The Morgan fingerprint density at radius 3 is 1.50 bits per heavy atom. The molecule has 0 saturated heterocycles. The lowest BCUT2D eigenvalue weighted by atomic mass is 9.94. The summed E-state index contributed by atoms with van der Waals surface area (Å²) >= 11 is 0. The van der Waals surface area contributed by atoms with E-state index in [4.69, 9.17) is 22.3 Å². The first-order valence-corrected chi connectivity index (χ1v) is 7.36. The third-order valence-corrected chi connectivity index (χ3v) is 3.39. The molecule has 130 valence electrons. The van der Waals surface area contributed by atoms with E-state index in [1.165, 1.54) is 24.3 Å². The highest BCUT2D eigenvalue weighted by molar-refractivity contribution is 6.05. The van der Waals surface area contributed by atoms with Crippen LogP contribution >= 0.6 is 0 Å². The van der Waals surface area contributed by atoms with Crippen LogP contribution in [0.25, 0.3) is 11.1 Å². The number of carboxylic acids is 2. The highest BCUT2D eigenvalue weighted by Crippen LogP contribution is 2.36. The molecule has 0 amide bonds. The van der Waals surface area contributed by atoms with Crippen LogP contribution in [-0.4, -0.2) is 35.4 Å². The molecular formula is C20H14O6. The molecule has 26 heavy (non-hydrogen) atoms. The van der Waals surface area contributed by atoms with Crippen LogP contribution in [0.2, 0.25) is 0 Å². The van der Waals surface area contributed by atoms with Gasteiger partial charge in [-0.3, -0.25) is 0 Å². The van der Waals surface area contributed by atoms with E-state index in [1.54, 1.807) is 12.1 Å². The summed E-state index contributed by atoms with van der Waals surface area (Å²) in [7, 11) is 0. The number of carboxylic acid groups (broad SMARTS) is 2. The van der Waals surface area contributed by atoms with Crippen LogP contribution in [-0.2, 0) is 0 Å². The van der Waals surface area contributed by atoms with Crippen LogP contribution in [0.5, 0.6) is 11.5 Å². The van der Waals surface area contributed by atoms with Crippen LogP contribution < -0.4 is 9.47 Å². The van der Waals surface area contributed by atoms with Crippen molar-refractivity contribution in [3.05, 3.63) is 47.5 Å². The Kier molecular flexibility index (Phi) is 5.87. The third-order valence-electron chi connectivity index (χ3n) is 3.39. The summed E-state index contributed by atoms with van der Waals surface area (Å²) in [6.07, 6.45) is 10.3. The minimum absolute atomic E-state index is 0.0410. The maximum atomic E-state index is 11.8. The normalized spacial score (nSPS) is 9.62. The van der Waals surface area contributed by atoms with E-state index in [0.29, 0.717) is 0 Å². The molecule has 0 radical (unpaired) electrons. The molecule has 0 aromatic heterocycles. The van der Waals surface area contributed by atoms with Gasteiger partial charge in [-0.1, -0.05) is 36.1 Å². The lowest BCUT2D eigenvalue weighted by Crippen LogP contribution is -2.09. The summed E-state index contributed by atoms with van der Waals surface area (Å²) < 4.78 is 10.6. The maximum Gasteiger partial charge on any atom is 0.340 e. The van der Waals surface area contributed by atoms with Gasteiger partial charge in [0, 0.05) is 11.1 Å². The van der Waals surface area contributed by atoms with E-state index < -0.39 is 11.9 Å². The second kappa shape index (κ2) is 8.27. The smallest absolute Gasteiger partial charge is 0.340 e. The molecule has 0 heterocycles. The average molecular weight is 350 g/mol. The van der Waals surface area contributed by atoms with E-state index in [9.17, 15) is 19.8 Å². The first-order chi connectivity index (χ1) is 12.5. The van der Waals surface area contributed by atoms with Crippen LogP contribution in [0.4, 0.5) is 0 Å². The van der Waals surface area contributed by atoms with E-state index >= 15 is 0 Å². The molecule has 0 saturated carbocycles. The van der Waals surface area contributed by atoms with Crippen LogP contribution in [0.3, 0.4) is 0 Å². The Bertz CT molecular complexity index is 853. The Balaban J connectivity index is 2.72. The standard InChI is InChI=1S/C20H14O6/c1-3-11-25-15-9-5-7-13(17(15)19(21)22)14-8-6-10-16(26-12-4-2)18(14)20(23)24/h1-2,5-10H,11-12H2,(H,21,22)(H,23,24). The van der Waals surface area contributed by atoms with Crippen LogP contribution in [0, 0.1) is 24.7 Å². The van der Waals surface area contributed by atoms with Crippen LogP contribution in [0.1, 0.15) is 20.7 Å². The molecule has 0 fully saturated rings. The van der Waals surface area contributed by atoms with Gasteiger partial charge >= 0.3 is 11.9 Å². The Labute approximate surface area is 150 Å². The number of rotatable bonds is 7. The van der Waals surface area contributed by atoms with Crippen molar-refractivity contribution in [1.29, 1.82) is 0 Å². The molecule has 0 aliphatic carbocycles. The first kappa shape index (κ1) is 18.4. The lowest BCUT2D eigenvalue weighted by Gasteiger charge is -2.15. The quantitative estimate of drug-likeness (QED) is 0.746. The Morgan fingerprint density at radius 2 is 1.19 bits per heavy atom. The summed E-state index contributed by atoms with van der Waals surface area (Å²) in [6, 6.07) is 8.97. The summed E-state index contributed by atoms with van der Waals surface area (Å²) in [4.78, 5) is 23.6. The largest absolute Gasteiger partial charge is 0.480 e. The number of aromatic carboxylic acids is 2. The SMILES string of the molecule is C#CCOc1cccc(-c2cccc(OCC#C)c2C(=O)O)c1C(=O)O. The van der Waals surface area contributed by atoms with Gasteiger partial charge in [0.15, 0.2) is 0 Å². The fourth-order valence-electron chi connectivity index (χ4n) is 2.43. The summed E-state index contributed by atoms with van der Waals surface area (Å²) in [6.45, 7) is -0.248. The minimum Gasteiger partial charge on any atom is -0.480 e. The van der Waals surface area contributed by atoms with Gasteiger partial charge in [0.05, 0.1) is 0 Å². The van der Waals surface area contributed by atoms with Gasteiger partial charge in [-0.15, -0.1) is 12.8 Å². The van der Waals surface area contributed by atoms with E-state index in [2.05, 4.69) is 11.8 Å². The molecule has 6 nitrogen and oxygen atoms in total. The summed E-state index contributed by atoms with van der Waals surface area (Å²) in [5.41, 5.74) is -0.0649. The number of terminal acetylenes is 2. The van der Waals surface area contributed by atoms with Gasteiger partial charge in [0.25, 0.3) is 0 Å². The van der Waals surface area contributed by atoms with Gasteiger partial charge in [0.2, 0.25) is 0 Å². The van der Waals surface area contributed by atoms with E-state index in [1.807, 2.05) is 0 Å². The zero-order chi connectivity index (χ0) is 19.1. The molecule has 2 rings (SSSR count). The number of carbonyl (C=O) groups is 2. The molecule has 2 aromatic rings. The third kappa shape index (κ3) is 3.77. The van der Waals surface area contributed by atoms with Gasteiger partial charge in [-0.2, -0.15) is 0 Å². The predicted octanol–water partition coefficient (Wildman–Crippen LogP) is 2.77. The molecule has 0 unspecified atom stereocenters. The monoisotopic (exact) mass is 350 g/mol. The second-order valence-corrected chi connectivity index (χ2v) is 4.95. The van der Waals surface area contributed by atoms with E-state index in [-0.39, 0.29) is 47.0 Å². The number of ether oxygens (including phenoxy) is 2. The molecule has 0 spiro atoms. The topological polar surface area (TPSA) is 93.1 Å². The number of benzene rings is 2. The highest BCUT2D eigenvalue weighted by Gasteiger charge is 2.24. The number of hydrogen-bond acceptors (Lipinski definition) is 4. The summed E-state index contributed by atoms with van der Waals surface area (Å²) in [5.74, 6) is 2.04. The molecule has 2 N–H and O–H groups in total. The highest BCUT2D eigenvalue weighted by atomic mass is 16.5. The fourth-order valence-corrected chi connectivity index (χ4v) is 2.43. The first-order valence-electron chi connectivity index (χ1n) is 7.36. The van der Waals surface area contributed by atoms with Gasteiger partial charge in [0.1, 0.15) is 35.8 Å². The zero-order valence-electron chi connectivity index (χ0n) is 13.6. The lowest BCUT2D eigenvalue weighted by molar-refractivity contribution is 0.0680. The van der Waals surface area contributed by atoms with Crippen molar-refractivity contribution >= 4 is 11.9 Å². The fraction of sp³-hybridized carbons (Fsp3) is 0.100. The molecule has 0 aliphatic rings. The van der Waals surface area contributed by atoms with Gasteiger partial charge in [-0.25, -0.2) is 9.59 Å². The molecule has 6 heteroatoms. The van der Waals surface area contributed by atoms with Crippen molar-refractivity contribution in [2.24, 2.45) is 0 Å². The molecule has 0 bridgehead atoms. The van der Waals surface area contributed by atoms with Crippen molar-refractivity contribution in [3.63, 3.8) is 0 Å². The van der Waals surface area contributed by atoms with Crippen molar-refractivity contribution in [2.75, 3.05) is 13.2 Å². The van der Waals surface area contributed by atoms with Crippen molar-refractivity contribution in [2.45, 2.75) is 0 Å². The Morgan fingerprint density at radius 1 is 0.808 bits per heavy atom. The average Bonchev–Trinajstić information content (AvgIpc) is 2.63. The van der Waals surface area contributed by atoms with Crippen molar-refractivity contribution in [3.8, 4) is 47.3 Å². The minimum atomic E-state index is -1.28. The zero-order valence-corrected chi connectivity index (χ0v) is 13.6. The molecule has 0 aliphatic heterocycles. The van der Waals surface area contributed by atoms with E-state index in [0.717, 1.165) is 0 Å². The van der Waals surface area contributed by atoms with Crippen molar-refractivity contribution in [1.82, 2.24) is 0 Å². The Hall–Kier alpha value is -3.90. The van der Waals surface area contributed by atoms with Crippen molar-refractivity contribution < 1.29 is 29.3 Å². The molecule has 2 aromatic carbocycles. The maximum absolute atomic E-state index is 11.8. The summed E-state index contributed by atoms with van der Waals surface area (Å²) in [5, 5.41) is 19.2. The molecule has 0 atom stereocenters. The predicted molar refractivity (Wildman–Crippen MR) is 94.5 cm³/mol. The molecular weight excluding hydrogens is 336 g/mol. The van der Waals surface area contributed by atoms with Gasteiger partial charge < -0.3 is 19.7 Å². The van der Waals surface area contributed by atoms with Gasteiger partial charge in [-0.05, 0) is 12.1 Å².